The van der Waals surface area contributed by atoms with Gasteiger partial charge in [0, 0.05) is 9.11 Å². The summed E-state index contributed by atoms with van der Waals surface area (Å²) in [4.78, 5) is 10.6. The molecule has 1 atom stereocenters. The molecule has 1 unspecified atom stereocenters. The van der Waals surface area contributed by atoms with Crippen LogP contribution in [0.1, 0.15) is 22.5 Å². The zero-order valence-corrected chi connectivity index (χ0v) is 5.18. The standard InChI is InChI=1S/C6H10O3/c1-6(8)2-3-9-5(7)4-6/h8H,2-4H2,1H3/i2T2. The van der Waals surface area contributed by atoms with E-state index >= 15 is 0 Å². The molecule has 0 saturated carbocycles. The van der Waals surface area contributed by atoms with Gasteiger partial charge in [-0.15, -0.1) is 0 Å². The molecular weight excluding hydrogens is 120 g/mol. The van der Waals surface area contributed by atoms with Crippen molar-refractivity contribution in [1.82, 2.24) is 0 Å². The van der Waals surface area contributed by atoms with E-state index in [0.29, 0.717) is 0 Å². The van der Waals surface area contributed by atoms with Crippen LogP contribution in [0, 0.1) is 0 Å². The molecule has 0 radical (unpaired) electrons. The van der Waals surface area contributed by atoms with Crippen molar-refractivity contribution in [2.45, 2.75) is 25.3 Å². The second-order valence-corrected chi connectivity index (χ2v) is 2.29. The van der Waals surface area contributed by atoms with E-state index in [1.165, 1.54) is 6.92 Å². The average Bonchev–Trinajstić information content (AvgIpc) is 1.80. The smallest absolute Gasteiger partial charge is 0.308 e. The van der Waals surface area contributed by atoms with Crippen LogP contribution in [-0.2, 0) is 9.53 Å². The first kappa shape index (κ1) is 4.28. The summed E-state index contributed by atoms with van der Waals surface area (Å²) in [5.74, 6) is -0.551. The molecule has 52 valence electrons. The van der Waals surface area contributed by atoms with Gasteiger partial charge in [0.05, 0.1) is 18.6 Å². The van der Waals surface area contributed by atoms with Crippen LogP contribution in [0.5, 0.6) is 0 Å². The number of rotatable bonds is 0. The van der Waals surface area contributed by atoms with E-state index in [0.717, 1.165) is 0 Å². The van der Waals surface area contributed by atoms with Crippen LogP contribution < -0.4 is 0 Å². The van der Waals surface area contributed by atoms with Gasteiger partial charge in [0.2, 0.25) is 0 Å². The van der Waals surface area contributed by atoms with E-state index in [2.05, 4.69) is 4.74 Å². The predicted octanol–water partition coefficient (Wildman–Crippen LogP) is 0.0744. The normalized spacial score (nSPS) is 44.9. The van der Waals surface area contributed by atoms with Gasteiger partial charge < -0.3 is 9.84 Å². The maximum absolute atomic E-state index is 10.6. The molecular formula is C6H10O3. The lowest BCUT2D eigenvalue weighted by Crippen LogP contribution is -2.35. The molecule has 0 aromatic carbocycles. The van der Waals surface area contributed by atoms with E-state index in [9.17, 15) is 9.90 Å². The molecule has 0 aromatic heterocycles. The molecule has 3 heteroatoms. The SMILES string of the molecule is [3H]C1([3H])COC(=O)CC1(C)O. The van der Waals surface area contributed by atoms with Crippen molar-refractivity contribution in [3.05, 3.63) is 0 Å². The summed E-state index contributed by atoms with van der Waals surface area (Å²) in [5.41, 5.74) is -1.59. The third-order valence-corrected chi connectivity index (χ3v) is 1.17. The van der Waals surface area contributed by atoms with E-state index < -0.39 is 17.9 Å². The molecule has 0 spiro atoms. The fourth-order valence-corrected chi connectivity index (χ4v) is 0.667. The van der Waals surface area contributed by atoms with E-state index in [1.54, 1.807) is 0 Å². The number of ether oxygens (including phenoxy) is 1. The molecule has 1 aliphatic heterocycles. The first-order chi connectivity index (χ1) is 4.85. The lowest BCUT2D eigenvalue weighted by Gasteiger charge is -2.26. The van der Waals surface area contributed by atoms with Crippen molar-refractivity contribution >= 4 is 5.97 Å². The zero-order valence-electron chi connectivity index (χ0n) is 7.18. The lowest BCUT2D eigenvalue weighted by molar-refractivity contribution is -0.157. The molecule has 1 saturated heterocycles. The highest BCUT2D eigenvalue weighted by atomic mass is 16.5. The van der Waals surface area contributed by atoms with Crippen LogP contribution in [0.25, 0.3) is 0 Å². The second kappa shape index (κ2) is 1.99. The first-order valence-corrected chi connectivity index (χ1v) is 2.73. The van der Waals surface area contributed by atoms with Gasteiger partial charge in [-0.05, 0) is 6.92 Å². The van der Waals surface area contributed by atoms with Crippen LogP contribution in [0.2, 0.25) is 0 Å². The second-order valence-electron chi connectivity index (χ2n) is 2.29. The van der Waals surface area contributed by atoms with E-state index in [4.69, 9.17) is 2.74 Å². The molecule has 0 amide bonds. The molecule has 0 bridgehead atoms. The highest BCUT2D eigenvalue weighted by molar-refractivity contribution is 5.71. The van der Waals surface area contributed by atoms with Crippen LogP contribution >= 0.6 is 0 Å². The molecule has 1 heterocycles. The van der Waals surface area contributed by atoms with Crippen molar-refractivity contribution in [2.75, 3.05) is 6.61 Å². The van der Waals surface area contributed by atoms with Gasteiger partial charge in [-0.1, -0.05) is 0 Å². The van der Waals surface area contributed by atoms with Crippen molar-refractivity contribution in [1.29, 1.82) is 0 Å². The number of carbonyl (C=O) groups excluding carboxylic acids is 1. The number of carbonyl (C=O) groups is 1. The fourth-order valence-electron chi connectivity index (χ4n) is 0.667. The Morgan fingerprint density at radius 1 is 2.00 bits per heavy atom. The number of aliphatic hydroxyl groups is 1. The van der Waals surface area contributed by atoms with Gasteiger partial charge in [-0.25, -0.2) is 0 Å². The summed E-state index contributed by atoms with van der Waals surface area (Å²) in [7, 11) is 0. The maximum Gasteiger partial charge on any atom is 0.308 e. The molecule has 1 fully saturated rings. The summed E-state index contributed by atoms with van der Waals surface area (Å²) in [6.45, 7) is 0.937. The Hall–Kier alpha value is -0.570. The van der Waals surface area contributed by atoms with Crippen molar-refractivity contribution in [3.63, 3.8) is 0 Å². The number of hydrogen-bond acceptors (Lipinski definition) is 3. The van der Waals surface area contributed by atoms with E-state index in [1.807, 2.05) is 0 Å². The molecule has 0 aliphatic carbocycles. The molecule has 0 aromatic rings. The first-order valence-electron chi connectivity index (χ1n) is 3.73. The Labute approximate surface area is 56.4 Å². The van der Waals surface area contributed by atoms with E-state index in [-0.39, 0.29) is 13.0 Å². The fraction of sp³-hybridized carbons (Fsp3) is 0.833. The van der Waals surface area contributed by atoms with Crippen LogP contribution in [-0.4, -0.2) is 23.3 Å². The minimum atomic E-state index is -1.83. The van der Waals surface area contributed by atoms with Gasteiger partial charge in [0.25, 0.3) is 0 Å². The summed E-state index contributed by atoms with van der Waals surface area (Å²) >= 11 is 0. The van der Waals surface area contributed by atoms with Crippen molar-refractivity contribution < 1.29 is 17.4 Å². The number of hydrogen-bond donors (Lipinski definition) is 1. The Kier molecular flexibility index (Phi) is 0.945. The lowest BCUT2D eigenvalue weighted by atomic mass is 9.97. The highest BCUT2D eigenvalue weighted by Crippen LogP contribution is 2.19. The summed E-state index contributed by atoms with van der Waals surface area (Å²) < 4.78 is 19.0. The molecule has 3 nitrogen and oxygen atoms in total. The van der Waals surface area contributed by atoms with Gasteiger partial charge in [0.1, 0.15) is 0 Å². The molecule has 1 aliphatic rings. The van der Waals surface area contributed by atoms with Crippen molar-refractivity contribution in [2.24, 2.45) is 0 Å². The minimum absolute atomic E-state index is 0.278. The topological polar surface area (TPSA) is 46.5 Å². The monoisotopic (exact) mass is 134 g/mol. The minimum Gasteiger partial charge on any atom is -0.465 e. The zero-order chi connectivity index (χ0) is 8.70. The Morgan fingerprint density at radius 3 is 3.11 bits per heavy atom. The van der Waals surface area contributed by atoms with Gasteiger partial charge in [-0.2, -0.15) is 0 Å². The van der Waals surface area contributed by atoms with Crippen LogP contribution in [0.3, 0.4) is 0 Å². The largest absolute Gasteiger partial charge is 0.465 e. The summed E-state index contributed by atoms with van der Waals surface area (Å²) in [6.07, 6.45) is -2.11. The molecule has 1 N–H and O–H groups in total. The number of cyclic esters (lactones) is 1. The van der Waals surface area contributed by atoms with Crippen LogP contribution in [0.15, 0.2) is 0 Å². The van der Waals surface area contributed by atoms with Gasteiger partial charge in [-0.3, -0.25) is 4.79 Å². The third-order valence-electron chi connectivity index (χ3n) is 1.17. The predicted molar refractivity (Wildman–Crippen MR) is 30.8 cm³/mol. The number of esters is 1. The highest BCUT2D eigenvalue weighted by Gasteiger charge is 2.29. The Balaban J connectivity index is 2.80. The summed E-state index contributed by atoms with van der Waals surface area (Å²) in [6, 6.07) is 0. The van der Waals surface area contributed by atoms with Gasteiger partial charge in [0.15, 0.2) is 0 Å². The third kappa shape index (κ3) is 1.68. The Bertz CT molecular complexity index is 188. The van der Waals surface area contributed by atoms with Crippen LogP contribution in [0.4, 0.5) is 0 Å². The molecule has 9 heavy (non-hydrogen) atoms. The van der Waals surface area contributed by atoms with Crippen molar-refractivity contribution in [3.8, 4) is 0 Å². The van der Waals surface area contributed by atoms with Gasteiger partial charge >= 0.3 is 5.97 Å². The maximum atomic E-state index is 10.6. The average molecular weight is 134 g/mol. The summed E-state index contributed by atoms with van der Waals surface area (Å²) in [5, 5.41) is 9.40. The quantitative estimate of drug-likeness (QED) is 0.477. The molecule has 1 rings (SSSR count). The Morgan fingerprint density at radius 2 is 2.67 bits per heavy atom.